The van der Waals surface area contributed by atoms with Gasteiger partial charge in [0, 0.05) is 6.42 Å². The van der Waals surface area contributed by atoms with Crippen molar-refractivity contribution in [2.45, 2.75) is 276 Å². The summed E-state index contributed by atoms with van der Waals surface area (Å²) in [4.78, 5) is 23.3. The lowest BCUT2D eigenvalue weighted by Gasteiger charge is -2.25. The second kappa shape index (κ2) is 49.4. The van der Waals surface area contributed by atoms with Crippen LogP contribution in [0.5, 0.6) is 0 Å². The molecule has 0 aromatic carbocycles. The number of phosphoric acid groups is 1. The van der Waals surface area contributed by atoms with E-state index < -0.39 is 20.0 Å². The van der Waals surface area contributed by atoms with Crippen molar-refractivity contribution in [2.24, 2.45) is 0 Å². The molecule has 8 nitrogen and oxygen atoms in total. The quantitative estimate of drug-likeness (QED) is 0.0243. The van der Waals surface area contributed by atoms with Crippen molar-refractivity contribution >= 4 is 13.7 Å². The summed E-state index contributed by atoms with van der Waals surface area (Å²) in [7, 11) is 1.55. The van der Waals surface area contributed by atoms with Crippen LogP contribution in [0.1, 0.15) is 264 Å². The van der Waals surface area contributed by atoms with E-state index in [-0.39, 0.29) is 19.1 Å². The van der Waals surface area contributed by atoms with Gasteiger partial charge in [-0.25, -0.2) is 4.57 Å². The maximum absolute atomic E-state index is 13.0. The molecule has 0 radical (unpaired) electrons. The standard InChI is InChI=1S/C58H111N2O6P/c1-6-8-10-12-14-16-18-20-22-24-26-28-30-31-33-35-37-39-41-43-45-47-49-51-57(61)56(55-66-67(63,64)65-54-53-60(3,4)5)59-58(62)52-50-48-46-44-42-40-38-36-34-32-29-27-25-23-21-19-17-15-13-11-9-7-2/h32-35,41,43,49,51,56-57,61H,6-31,36-40,42,44-48,50,52-55H2,1-5H3,(H-,59,62,63,64)/p+1/b34-32-,35-33+,43-41+,51-49+. The Kier molecular flexibility index (Phi) is 48.3. The first-order valence-corrected chi connectivity index (χ1v) is 30.0. The Balaban J connectivity index is 4.31. The Morgan fingerprint density at radius 1 is 0.493 bits per heavy atom. The highest BCUT2D eigenvalue weighted by molar-refractivity contribution is 7.47. The third-order valence-corrected chi connectivity index (χ3v) is 13.7. The van der Waals surface area contributed by atoms with Crippen LogP contribution in [0.3, 0.4) is 0 Å². The number of phosphoric ester groups is 1. The molecule has 3 unspecified atom stereocenters. The second-order valence-corrected chi connectivity index (χ2v) is 22.1. The van der Waals surface area contributed by atoms with Crippen molar-refractivity contribution in [1.29, 1.82) is 0 Å². The van der Waals surface area contributed by atoms with Crippen LogP contribution < -0.4 is 5.32 Å². The van der Waals surface area contributed by atoms with Crippen molar-refractivity contribution in [2.75, 3.05) is 40.9 Å². The molecule has 0 heterocycles. The minimum absolute atomic E-state index is 0.0522. The summed E-state index contributed by atoms with van der Waals surface area (Å²) in [6.07, 6.45) is 65.0. The molecular formula is C58H112N2O6P+. The maximum Gasteiger partial charge on any atom is 0.472 e. The first-order valence-electron chi connectivity index (χ1n) is 28.5. The molecule has 0 aliphatic carbocycles. The highest BCUT2D eigenvalue weighted by atomic mass is 31.2. The third kappa shape index (κ3) is 52.1. The first-order chi connectivity index (χ1) is 32.5. The van der Waals surface area contributed by atoms with Gasteiger partial charge < -0.3 is 19.8 Å². The summed E-state index contributed by atoms with van der Waals surface area (Å²) in [5.41, 5.74) is 0. The van der Waals surface area contributed by atoms with Crippen LogP contribution in [0.25, 0.3) is 0 Å². The van der Waals surface area contributed by atoms with Crippen molar-refractivity contribution in [1.82, 2.24) is 5.32 Å². The van der Waals surface area contributed by atoms with Crippen molar-refractivity contribution in [3.05, 3.63) is 48.6 Å². The number of quaternary nitrogens is 1. The number of nitrogens with zero attached hydrogens (tertiary/aromatic N) is 1. The predicted octanol–water partition coefficient (Wildman–Crippen LogP) is 17.2. The Morgan fingerprint density at radius 2 is 0.821 bits per heavy atom. The molecule has 1 amide bonds. The predicted molar refractivity (Wildman–Crippen MR) is 291 cm³/mol. The van der Waals surface area contributed by atoms with E-state index >= 15 is 0 Å². The lowest BCUT2D eigenvalue weighted by Crippen LogP contribution is -2.45. The van der Waals surface area contributed by atoms with Gasteiger partial charge in [0.05, 0.1) is 39.9 Å². The number of carbonyl (C=O) groups is 1. The number of rotatable bonds is 52. The van der Waals surface area contributed by atoms with Crippen LogP contribution >= 0.6 is 7.82 Å². The van der Waals surface area contributed by atoms with E-state index in [9.17, 15) is 19.4 Å². The van der Waals surface area contributed by atoms with Gasteiger partial charge in [-0.05, 0) is 70.6 Å². The fourth-order valence-electron chi connectivity index (χ4n) is 8.25. The maximum atomic E-state index is 13.0. The fraction of sp³-hybridized carbons (Fsp3) is 0.845. The molecule has 0 spiro atoms. The van der Waals surface area contributed by atoms with E-state index in [0.29, 0.717) is 17.4 Å². The zero-order valence-electron chi connectivity index (χ0n) is 44.9. The Bertz CT molecular complexity index is 1230. The van der Waals surface area contributed by atoms with E-state index in [2.05, 4.69) is 55.6 Å². The average molecular weight is 965 g/mol. The molecule has 0 fully saturated rings. The van der Waals surface area contributed by atoms with Crippen LogP contribution in [0.15, 0.2) is 48.6 Å². The molecule has 0 aliphatic rings. The van der Waals surface area contributed by atoms with Gasteiger partial charge in [-0.3, -0.25) is 13.8 Å². The smallest absolute Gasteiger partial charge is 0.387 e. The van der Waals surface area contributed by atoms with Gasteiger partial charge in [0.1, 0.15) is 13.2 Å². The molecule has 67 heavy (non-hydrogen) atoms. The molecule has 3 N–H and O–H groups in total. The fourth-order valence-corrected chi connectivity index (χ4v) is 8.98. The van der Waals surface area contributed by atoms with E-state index in [0.717, 1.165) is 44.9 Å². The van der Waals surface area contributed by atoms with Crippen LogP contribution in [-0.4, -0.2) is 73.4 Å². The number of nitrogens with one attached hydrogen (secondary N) is 1. The summed E-state index contributed by atoms with van der Waals surface area (Å²) < 4.78 is 23.7. The van der Waals surface area contributed by atoms with Crippen molar-refractivity contribution in [3.63, 3.8) is 0 Å². The number of hydrogen-bond acceptors (Lipinski definition) is 5. The number of likely N-dealkylation sites (N-methyl/N-ethyl adjacent to an activating group) is 1. The number of allylic oxidation sites excluding steroid dienone is 7. The number of hydrogen-bond donors (Lipinski definition) is 3. The Morgan fingerprint density at radius 3 is 1.19 bits per heavy atom. The van der Waals surface area contributed by atoms with Crippen LogP contribution in [-0.2, 0) is 18.4 Å². The summed E-state index contributed by atoms with van der Waals surface area (Å²) in [6.45, 7) is 4.81. The summed E-state index contributed by atoms with van der Waals surface area (Å²) in [5, 5.41) is 13.9. The van der Waals surface area contributed by atoms with E-state index in [4.69, 9.17) is 9.05 Å². The lowest BCUT2D eigenvalue weighted by molar-refractivity contribution is -0.870. The summed E-state index contributed by atoms with van der Waals surface area (Å²) in [5.74, 6) is -0.193. The van der Waals surface area contributed by atoms with Crippen molar-refractivity contribution in [3.8, 4) is 0 Å². The second-order valence-electron chi connectivity index (χ2n) is 20.6. The Hall–Kier alpha value is -1.54. The largest absolute Gasteiger partial charge is 0.472 e. The molecule has 9 heteroatoms. The van der Waals surface area contributed by atoms with Crippen LogP contribution in [0.2, 0.25) is 0 Å². The third-order valence-electron chi connectivity index (χ3n) is 12.7. The van der Waals surface area contributed by atoms with Crippen LogP contribution in [0.4, 0.5) is 0 Å². The molecule has 0 bridgehead atoms. The van der Waals surface area contributed by atoms with Gasteiger partial charge >= 0.3 is 7.82 Å². The van der Waals surface area contributed by atoms with Gasteiger partial charge in [0.25, 0.3) is 0 Å². The zero-order chi connectivity index (χ0) is 49.2. The van der Waals surface area contributed by atoms with Gasteiger partial charge in [-0.1, -0.05) is 236 Å². The van der Waals surface area contributed by atoms with E-state index in [1.54, 1.807) is 6.08 Å². The SMILES string of the molecule is CCCCCCCCCCCCC/C=C\CCCCCCCCCC(=O)NC(COP(=O)(O)OCC[N+](C)(C)C)C(O)/C=C/CC/C=C/CC/C=C/CCCCCCCCCCCCCCC. The topological polar surface area (TPSA) is 105 Å². The molecule has 3 atom stereocenters. The highest BCUT2D eigenvalue weighted by Gasteiger charge is 2.27. The van der Waals surface area contributed by atoms with Gasteiger partial charge in [-0.2, -0.15) is 0 Å². The number of aliphatic hydroxyl groups excluding tert-OH is 1. The molecule has 0 saturated heterocycles. The zero-order valence-corrected chi connectivity index (χ0v) is 45.8. The lowest BCUT2D eigenvalue weighted by atomic mass is 10.0. The van der Waals surface area contributed by atoms with Crippen LogP contribution in [0, 0.1) is 0 Å². The Labute approximate surface area is 416 Å². The first kappa shape index (κ1) is 65.5. The normalized spacial score (nSPS) is 14.3. The van der Waals surface area contributed by atoms with Gasteiger partial charge in [-0.15, -0.1) is 0 Å². The molecule has 0 saturated carbocycles. The molecule has 0 aliphatic heterocycles. The van der Waals surface area contributed by atoms with Gasteiger partial charge in [0.15, 0.2) is 0 Å². The highest BCUT2D eigenvalue weighted by Crippen LogP contribution is 2.43. The molecular weight excluding hydrogens is 852 g/mol. The molecule has 0 rings (SSSR count). The van der Waals surface area contributed by atoms with E-state index in [1.165, 1.54) is 199 Å². The van der Waals surface area contributed by atoms with E-state index in [1.807, 2.05) is 27.2 Å². The average Bonchev–Trinajstić information content (AvgIpc) is 3.29. The summed E-state index contributed by atoms with van der Waals surface area (Å²) in [6, 6.07) is -0.873. The molecule has 0 aromatic rings. The number of aliphatic hydroxyl groups is 1. The monoisotopic (exact) mass is 964 g/mol. The van der Waals surface area contributed by atoms with Gasteiger partial charge in [0.2, 0.25) is 5.91 Å². The summed E-state index contributed by atoms with van der Waals surface area (Å²) >= 11 is 0. The van der Waals surface area contributed by atoms with Crippen molar-refractivity contribution < 1.29 is 32.9 Å². The number of amides is 1. The number of carbonyl (C=O) groups excluding carboxylic acids is 1. The minimum Gasteiger partial charge on any atom is -0.387 e. The number of unbranched alkanes of at least 4 members (excludes halogenated alkanes) is 33. The minimum atomic E-state index is -4.36. The molecule has 394 valence electrons. The molecule has 0 aromatic heterocycles.